The fraction of sp³-hybridized carbons (Fsp3) is 0.111. The molecule has 1 aromatic heterocycles. The van der Waals surface area contributed by atoms with Crippen LogP contribution in [-0.4, -0.2) is 29.1 Å². The molecule has 0 radical (unpaired) electrons. The van der Waals surface area contributed by atoms with Crippen molar-refractivity contribution in [1.82, 2.24) is 9.97 Å². The van der Waals surface area contributed by atoms with E-state index in [9.17, 15) is 10.1 Å². The molecular weight excluding hydrogens is 322 g/mol. The van der Waals surface area contributed by atoms with Gasteiger partial charge in [0.05, 0.1) is 24.8 Å². The number of aromatic nitrogens is 2. The number of methoxy groups -OCH3 is 2. The molecule has 0 saturated carbocycles. The maximum absolute atomic E-state index is 11.4. The zero-order valence-electron chi connectivity index (χ0n) is 13.7. The van der Waals surface area contributed by atoms with E-state index in [1.165, 1.54) is 20.3 Å². The number of hydrogen-bond acceptors (Lipinski definition) is 6. The Morgan fingerprint density at radius 3 is 2.40 bits per heavy atom. The molecule has 0 fully saturated rings. The molecule has 0 spiro atoms. The van der Waals surface area contributed by atoms with Gasteiger partial charge in [-0.2, -0.15) is 0 Å². The molecule has 0 unspecified atom stereocenters. The van der Waals surface area contributed by atoms with Gasteiger partial charge in [-0.15, -0.1) is 0 Å². The highest BCUT2D eigenvalue weighted by Crippen LogP contribution is 2.40. The van der Waals surface area contributed by atoms with Crippen LogP contribution in [0.5, 0.6) is 11.5 Å². The van der Waals surface area contributed by atoms with Crippen molar-refractivity contribution in [2.45, 2.75) is 0 Å². The monoisotopic (exact) mass is 337 g/mol. The minimum absolute atomic E-state index is 0.0774. The van der Waals surface area contributed by atoms with Crippen LogP contribution in [0.4, 0.5) is 5.69 Å². The first-order valence-electron chi connectivity index (χ1n) is 7.43. The summed E-state index contributed by atoms with van der Waals surface area (Å²) in [6.45, 7) is 0. The Labute approximate surface area is 144 Å². The summed E-state index contributed by atoms with van der Waals surface area (Å²) in [6.07, 6.45) is 1.62. The second-order valence-corrected chi connectivity index (χ2v) is 5.12. The molecule has 0 aliphatic heterocycles. The highest BCUT2D eigenvalue weighted by Gasteiger charge is 2.22. The molecule has 7 nitrogen and oxygen atoms in total. The Morgan fingerprint density at radius 2 is 1.76 bits per heavy atom. The first-order chi connectivity index (χ1) is 12.1. The molecule has 3 aromatic rings. The number of rotatable bonds is 5. The summed E-state index contributed by atoms with van der Waals surface area (Å²) in [5.74, 6) is 0.885. The van der Waals surface area contributed by atoms with Crippen LogP contribution in [0.1, 0.15) is 0 Å². The van der Waals surface area contributed by atoms with Gasteiger partial charge >= 0.3 is 5.69 Å². The summed E-state index contributed by atoms with van der Waals surface area (Å²) in [4.78, 5) is 19.6. The van der Waals surface area contributed by atoms with E-state index in [4.69, 9.17) is 9.47 Å². The first-order valence-corrected chi connectivity index (χ1v) is 7.43. The van der Waals surface area contributed by atoms with Gasteiger partial charge in [0, 0.05) is 23.4 Å². The number of nitrogens with zero attached hydrogens (tertiary/aromatic N) is 3. The fourth-order valence-corrected chi connectivity index (χ4v) is 2.47. The minimum Gasteiger partial charge on any atom is -0.493 e. The molecule has 1 heterocycles. The third-order valence-electron chi connectivity index (χ3n) is 3.64. The van der Waals surface area contributed by atoms with E-state index >= 15 is 0 Å². The van der Waals surface area contributed by atoms with E-state index in [1.54, 1.807) is 18.3 Å². The SMILES string of the molecule is COc1cc(-c2ccnc(-c3ccccc3)n2)cc([N+](=O)[O-])c1OC. The van der Waals surface area contributed by atoms with E-state index in [2.05, 4.69) is 9.97 Å². The maximum Gasteiger partial charge on any atom is 0.315 e. The topological polar surface area (TPSA) is 87.4 Å². The molecule has 0 saturated heterocycles. The second-order valence-electron chi connectivity index (χ2n) is 5.12. The lowest BCUT2D eigenvalue weighted by Crippen LogP contribution is -1.99. The van der Waals surface area contributed by atoms with Crippen LogP contribution in [0.25, 0.3) is 22.6 Å². The van der Waals surface area contributed by atoms with Crippen molar-refractivity contribution < 1.29 is 14.4 Å². The number of nitro groups is 1. The average molecular weight is 337 g/mol. The first kappa shape index (κ1) is 16.4. The van der Waals surface area contributed by atoms with Gasteiger partial charge in [0.1, 0.15) is 0 Å². The van der Waals surface area contributed by atoms with E-state index in [1.807, 2.05) is 30.3 Å². The Bertz CT molecular complexity index is 913. The predicted molar refractivity (Wildman–Crippen MR) is 92.7 cm³/mol. The Kier molecular flexibility index (Phi) is 4.56. The van der Waals surface area contributed by atoms with Crippen LogP contribution in [0.3, 0.4) is 0 Å². The van der Waals surface area contributed by atoms with Crippen LogP contribution >= 0.6 is 0 Å². The summed E-state index contributed by atoms with van der Waals surface area (Å²) in [5, 5.41) is 11.4. The molecule has 0 N–H and O–H groups in total. The standard InChI is InChI=1S/C18H15N3O4/c1-24-16-11-13(10-15(21(22)23)17(16)25-2)14-8-9-19-18(20-14)12-6-4-3-5-7-12/h3-11H,1-2H3. The van der Waals surface area contributed by atoms with Gasteiger partial charge in [-0.25, -0.2) is 9.97 Å². The van der Waals surface area contributed by atoms with Crippen molar-refractivity contribution in [3.63, 3.8) is 0 Å². The number of nitro benzene ring substituents is 1. The number of benzene rings is 2. The normalized spacial score (nSPS) is 10.3. The van der Waals surface area contributed by atoms with Crippen molar-refractivity contribution in [2.24, 2.45) is 0 Å². The quantitative estimate of drug-likeness (QED) is 0.521. The number of ether oxygens (including phenoxy) is 2. The lowest BCUT2D eigenvalue weighted by atomic mass is 10.1. The van der Waals surface area contributed by atoms with Crippen LogP contribution in [0, 0.1) is 10.1 Å². The van der Waals surface area contributed by atoms with Crippen molar-refractivity contribution in [3.8, 4) is 34.1 Å². The molecule has 0 amide bonds. The van der Waals surface area contributed by atoms with E-state index < -0.39 is 4.92 Å². The van der Waals surface area contributed by atoms with Crippen molar-refractivity contribution >= 4 is 5.69 Å². The highest BCUT2D eigenvalue weighted by atomic mass is 16.6. The second kappa shape index (κ2) is 6.96. The summed E-state index contributed by atoms with van der Waals surface area (Å²) < 4.78 is 10.3. The molecule has 7 heteroatoms. The van der Waals surface area contributed by atoms with Crippen molar-refractivity contribution in [1.29, 1.82) is 0 Å². The van der Waals surface area contributed by atoms with Crippen LogP contribution in [0.15, 0.2) is 54.7 Å². The Balaban J connectivity index is 2.14. The molecule has 0 aliphatic carbocycles. The molecule has 0 aliphatic rings. The van der Waals surface area contributed by atoms with Gasteiger partial charge in [-0.1, -0.05) is 30.3 Å². The van der Waals surface area contributed by atoms with Gasteiger partial charge in [0.2, 0.25) is 5.75 Å². The summed E-state index contributed by atoms with van der Waals surface area (Å²) >= 11 is 0. The number of hydrogen-bond donors (Lipinski definition) is 0. The van der Waals surface area contributed by atoms with Gasteiger partial charge in [-0.3, -0.25) is 10.1 Å². The fourth-order valence-electron chi connectivity index (χ4n) is 2.47. The highest BCUT2D eigenvalue weighted by molar-refractivity contribution is 5.72. The molecular formula is C18H15N3O4. The van der Waals surface area contributed by atoms with Gasteiger partial charge in [0.15, 0.2) is 11.6 Å². The molecule has 3 rings (SSSR count). The molecule has 0 atom stereocenters. The van der Waals surface area contributed by atoms with E-state index in [0.717, 1.165) is 5.56 Å². The average Bonchev–Trinajstić information content (AvgIpc) is 2.67. The third kappa shape index (κ3) is 3.25. The van der Waals surface area contributed by atoms with Crippen molar-refractivity contribution in [3.05, 3.63) is 64.8 Å². The Morgan fingerprint density at radius 1 is 1.00 bits per heavy atom. The molecule has 126 valence electrons. The third-order valence-corrected chi connectivity index (χ3v) is 3.64. The lowest BCUT2D eigenvalue weighted by Gasteiger charge is -2.10. The summed E-state index contributed by atoms with van der Waals surface area (Å²) in [7, 11) is 2.80. The summed E-state index contributed by atoms with van der Waals surface area (Å²) in [6, 6.07) is 14.3. The zero-order chi connectivity index (χ0) is 17.8. The van der Waals surface area contributed by atoms with Gasteiger partial charge < -0.3 is 9.47 Å². The largest absolute Gasteiger partial charge is 0.493 e. The van der Waals surface area contributed by atoms with Crippen molar-refractivity contribution in [2.75, 3.05) is 14.2 Å². The van der Waals surface area contributed by atoms with E-state index in [0.29, 0.717) is 17.1 Å². The van der Waals surface area contributed by atoms with Crippen LogP contribution in [0.2, 0.25) is 0 Å². The predicted octanol–water partition coefficient (Wildman–Crippen LogP) is 3.74. The maximum atomic E-state index is 11.4. The molecule has 2 aromatic carbocycles. The lowest BCUT2D eigenvalue weighted by molar-refractivity contribution is -0.385. The zero-order valence-corrected chi connectivity index (χ0v) is 13.7. The molecule has 25 heavy (non-hydrogen) atoms. The minimum atomic E-state index is -0.510. The van der Waals surface area contributed by atoms with E-state index in [-0.39, 0.29) is 17.2 Å². The van der Waals surface area contributed by atoms with Crippen LogP contribution in [-0.2, 0) is 0 Å². The Hall–Kier alpha value is -3.48. The van der Waals surface area contributed by atoms with Gasteiger partial charge in [-0.05, 0) is 12.1 Å². The summed E-state index contributed by atoms with van der Waals surface area (Å²) in [5.41, 5.74) is 1.78. The van der Waals surface area contributed by atoms with Crippen LogP contribution < -0.4 is 9.47 Å². The smallest absolute Gasteiger partial charge is 0.315 e. The molecule has 0 bridgehead atoms. The van der Waals surface area contributed by atoms with Gasteiger partial charge in [0.25, 0.3) is 0 Å².